The summed E-state index contributed by atoms with van der Waals surface area (Å²) in [5.74, 6) is 0. The molecule has 17 nitrogen and oxygen atoms in total. The summed E-state index contributed by atoms with van der Waals surface area (Å²) < 4.78 is 54.2. The quantitative estimate of drug-likeness (QED) is 0.241. The number of imidazole rings is 1. The zero-order valence-electron chi connectivity index (χ0n) is 15.5. The van der Waals surface area contributed by atoms with Crippen molar-refractivity contribution in [1.29, 1.82) is 5.41 Å². The van der Waals surface area contributed by atoms with E-state index in [0.717, 1.165) is 0 Å². The van der Waals surface area contributed by atoms with E-state index in [1.807, 2.05) is 0 Å². The lowest BCUT2D eigenvalue weighted by atomic mass is 10.2. The molecular formula is C11H18N5O12P3. The Labute approximate surface area is 172 Å². The number of ether oxygens (including phenoxy) is 1. The highest BCUT2D eigenvalue weighted by atomic mass is 31.3. The molecule has 0 saturated carbocycles. The number of fused-ring (bicyclic) bond motifs is 1. The van der Waals surface area contributed by atoms with Crippen molar-refractivity contribution >= 4 is 34.6 Å². The Hall–Kier alpha value is -1.32. The molecule has 3 heterocycles. The molecule has 2 aromatic rings. The van der Waals surface area contributed by atoms with E-state index in [-0.39, 0.29) is 17.4 Å². The molecule has 6 N–H and O–H groups in total. The van der Waals surface area contributed by atoms with Gasteiger partial charge in [-0.3, -0.25) is 14.5 Å². The molecule has 0 aliphatic carbocycles. The molecule has 1 aliphatic heterocycles. The highest BCUT2D eigenvalue weighted by Crippen LogP contribution is 2.66. The van der Waals surface area contributed by atoms with Gasteiger partial charge in [-0.1, -0.05) is 0 Å². The van der Waals surface area contributed by atoms with E-state index in [0.29, 0.717) is 5.65 Å². The van der Waals surface area contributed by atoms with Crippen molar-refractivity contribution in [3.8, 4) is 0 Å². The monoisotopic (exact) mass is 505 g/mol. The average molecular weight is 505 g/mol. The van der Waals surface area contributed by atoms with Gasteiger partial charge in [0.25, 0.3) is 0 Å². The number of phosphoric acid groups is 3. The topological polar surface area (TPSA) is 249 Å². The van der Waals surface area contributed by atoms with Crippen LogP contribution in [0.15, 0.2) is 12.7 Å². The van der Waals surface area contributed by atoms with E-state index in [1.54, 1.807) is 11.6 Å². The first-order valence-corrected chi connectivity index (χ1v) is 12.7. The first kappa shape index (κ1) is 24.3. The first-order valence-electron chi connectivity index (χ1n) is 8.22. The van der Waals surface area contributed by atoms with Crippen molar-refractivity contribution in [2.45, 2.75) is 24.9 Å². The number of phosphoric ester groups is 1. The van der Waals surface area contributed by atoms with Crippen molar-refractivity contribution in [3.05, 3.63) is 18.1 Å². The number of nitrogens with one attached hydrogen (secondary N) is 1. The number of aromatic nitrogens is 4. The minimum absolute atomic E-state index is 0.00550. The third-order valence-corrected chi connectivity index (χ3v) is 7.82. The van der Waals surface area contributed by atoms with Gasteiger partial charge in [0.2, 0.25) is 0 Å². The molecule has 0 aromatic carbocycles. The SMILES string of the molecule is Cn1cnc(=N)c2ncn(C3C[C@H](O)[C@@H](COP(=O)(O)OP(=O)(O)OP(=O)(O)O)O3)c21. The second-order valence-electron chi connectivity index (χ2n) is 6.35. The molecule has 31 heavy (non-hydrogen) atoms. The number of hydrogen-bond donors (Lipinski definition) is 6. The molecule has 2 aromatic heterocycles. The Kier molecular flexibility index (Phi) is 6.71. The average Bonchev–Trinajstić information content (AvgIpc) is 3.17. The van der Waals surface area contributed by atoms with Crippen LogP contribution in [0, 0.1) is 5.41 Å². The summed E-state index contributed by atoms with van der Waals surface area (Å²) in [5, 5.41) is 18.0. The van der Waals surface area contributed by atoms with Gasteiger partial charge in [-0.25, -0.2) is 23.7 Å². The number of hydrogen-bond acceptors (Lipinski definition) is 11. The second kappa shape index (κ2) is 8.56. The molecular weight excluding hydrogens is 487 g/mol. The number of aliphatic hydroxyl groups is 1. The summed E-state index contributed by atoms with van der Waals surface area (Å²) in [6, 6.07) is 0. The molecule has 0 radical (unpaired) electrons. The normalized spacial score (nSPS) is 26.1. The van der Waals surface area contributed by atoms with E-state index in [4.69, 9.17) is 24.8 Å². The van der Waals surface area contributed by atoms with Crippen LogP contribution in [0.25, 0.3) is 11.2 Å². The lowest BCUT2D eigenvalue weighted by Crippen LogP contribution is -2.26. The van der Waals surface area contributed by atoms with Crippen LogP contribution in [0.4, 0.5) is 0 Å². The molecule has 1 saturated heterocycles. The molecule has 1 fully saturated rings. The summed E-state index contributed by atoms with van der Waals surface area (Å²) in [6.07, 6.45) is -0.422. The van der Waals surface area contributed by atoms with Gasteiger partial charge in [0.15, 0.2) is 5.49 Å². The van der Waals surface area contributed by atoms with Crippen LogP contribution in [0.2, 0.25) is 0 Å². The summed E-state index contributed by atoms with van der Waals surface area (Å²) in [5.41, 5.74) is 0.667. The Morgan fingerprint density at radius 1 is 1.16 bits per heavy atom. The number of aliphatic hydroxyl groups excluding tert-OH is 1. The van der Waals surface area contributed by atoms with E-state index in [9.17, 15) is 23.7 Å². The highest BCUT2D eigenvalue weighted by molar-refractivity contribution is 7.66. The van der Waals surface area contributed by atoms with E-state index >= 15 is 0 Å². The summed E-state index contributed by atoms with van der Waals surface area (Å²) in [7, 11) is -14.8. The fraction of sp³-hybridized carbons (Fsp3) is 0.545. The van der Waals surface area contributed by atoms with Crippen molar-refractivity contribution in [3.63, 3.8) is 0 Å². The minimum atomic E-state index is -5.64. The standard InChI is InChI=1S/C11H18N5O12P3/c1-15-4-14-10(12)9-11(15)16(5-13-9)8-2-6(17)7(26-8)3-25-30(21,22)28-31(23,24)27-29(18,19)20/h4-8,12,17H,2-3H2,1H3,(H,21,22)(H,23,24)(H2,18,19,20)/t6-,7+,8?/m0/s1. The molecule has 3 unspecified atom stereocenters. The van der Waals surface area contributed by atoms with Crippen molar-refractivity contribution in [2.75, 3.05) is 6.61 Å². The van der Waals surface area contributed by atoms with E-state index in [2.05, 4.69) is 23.1 Å². The van der Waals surface area contributed by atoms with Crippen LogP contribution < -0.4 is 5.49 Å². The largest absolute Gasteiger partial charge is 0.490 e. The van der Waals surface area contributed by atoms with Gasteiger partial charge < -0.3 is 34.0 Å². The van der Waals surface area contributed by atoms with Crippen molar-refractivity contribution in [1.82, 2.24) is 19.1 Å². The summed E-state index contributed by atoms with van der Waals surface area (Å²) in [6.45, 7) is -0.786. The lowest BCUT2D eigenvalue weighted by Gasteiger charge is -2.19. The molecule has 0 spiro atoms. The molecule has 174 valence electrons. The van der Waals surface area contributed by atoms with Gasteiger partial charge in [-0.2, -0.15) is 8.62 Å². The van der Waals surface area contributed by atoms with E-state index in [1.165, 1.54) is 17.2 Å². The van der Waals surface area contributed by atoms with E-state index < -0.39 is 48.5 Å². The Bertz CT molecular complexity index is 1170. The summed E-state index contributed by atoms with van der Waals surface area (Å²) >= 11 is 0. The predicted molar refractivity (Wildman–Crippen MR) is 96.7 cm³/mol. The molecule has 5 atom stereocenters. The summed E-state index contributed by atoms with van der Waals surface area (Å²) in [4.78, 5) is 43.6. The van der Waals surface area contributed by atoms with Crippen LogP contribution >= 0.6 is 23.5 Å². The van der Waals surface area contributed by atoms with Crippen molar-refractivity contribution < 1.29 is 56.3 Å². The minimum Gasteiger partial charge on any atom is -0.390 e. The first-order chi connectivity index (χ1) is 14.2. The Balaban J connectivity index is 1.68. The number of aryl methyl sites for hydroxylation is 1. The van der Waals surface area contributed by atoms with Gasteiger partial charge in [-0.05, 0) is 0 Å². The molecule has 20 heteroatoms. The van der Waals surface area contributed by atoms with Crippen LogP contribution in [0.3, 0.4) is 0 Å². The van der Waals surface area contributed by atoms with Crippen molar-refractivity contribution in [2.24, 2.45) is 7.05 Å². The predicted octanol–water partition coefficient (Wildman–Crippen LogP) is -0.759. The number of rotatable bonds is 8. The lowest BCUT2D eigenvalue weighted by molar-refractivity contribution is -0.0424. The zero-order valence-corrected chi connectivity index (χ0v) is 18.2. The van der Waals surface area contributed by atoms with Crippen LogP contribution in [0.1, 0.15) is 12.6 Å². The third kappa shape index (κ3) is 5.93. The van der Waals surface area contributed by atoms with Crippen LogP contribution in [-0.4, -0.2) is 62.6 Å². The Morgan fingerprint density at radius 2 is 1.84 bits per heavy atom. The molecule has 3 rings (SSSR count). The van der Waals surface area contributed by atoms with Crippen LogP contribution in [0.5, 0.6) is 0 Å². The van der Waals surface area contributed by atoms with Crippen LogP contribution in [-0.2, 0) is 38.6 Å². The maximum atomic E-state index is 11.8. The van der Waals surface area contributed by atoms with Gasteiger partial charge in [0, 0.05) is 13.5 Å². The fourth-order valence-electron chi connectivity index (χ4n) is 2.85. The van der Waals surface area contributed by atoms with Gasteiger partial charge >= 0.3 is 23.5 Å². The maximum absolute atomic E-state index is 11.8. The van der Waals surface area contributed by atoms with Gasteiger partial charge in [0.05, 0.1) is 25.4 Å². The molecule has 0 amide bonds. The molecule has 0 bridgehead atoms. The zero-order chi connectivity index (χ0) is 23.2. The third-order valence-electron chi connectivity index (χ3n) is 4.02. The Morgan fingerprint density at radius 3 is 2.48 bits per heavy atom. The fourth-order valence-corrected chi connectivity index (χ4v) is 5.88. The number of nitrogens with zero attached hydrogens (tertiary/aromatic N) is 4. The molecule has 1 aliphatic rings. The maximum Gasteiger partial charge on any atom is 0.490 e. The highest BCUT2D eigenvalue weighted by Gasteiger charge is 2.43. The van der Waals surface area contributed by atoms with Gasteiger partial charge in [-0.15, -0.1) is 0 Å². The second-order valence-corrected chi connectivity index (χ2v) is 10.8. The van der Waals surface area contributed by atoms with Gasteiger partial charge in [0.1, 0.15) is 23.5 Å². The smallest absolute Gasteiger partial charge is 0.390 e.